The predicted octanol–water partition coefficient (Wildman–Crippen LogP) is 4.78. The number of benzene rings is 3. The van der Waals surface area contributed by atoms with Crippen LogP contribution in [0, 0.1) is 0 Å². The van der Waals surface area contributed by atoms with E-state index in [0.717, 1.165) is 4.90 Å². The van der Waals surface area contributed by atoms with Gasteiger partial charge in [-0.1, -0.05) is 23.7 Å². The summed E-state index contributed by atoms with van der Waals surface area (Å²) in [5, 5.41) is 5.47. The molecule has 0 atom stereocenters. The molecular formula is C26H22ClN3O5. The van der Waals surface area contributed by atoms with E-state index in [-0.39, 0.29) is 16.6 Å². The Morgan fingerprint density at radius 2 is 1.63 bits per heavy atom. The smallest absolute Gasteiger partial charge is 0.283 e. The Labute approximate surface area is 207 Å². The molecule has 0 bridgehead atoms. The molecule has 0 fully saturated rings. The van der Waals surface area contributed by atoms with Crippen LogP contribution < -0.4 is 25.0 Å². The minimum absolute atomic E-state index is 0.0447. The minimum atomic E-state index is -0.629. The van der Waals surface area contributed by atoms with E-state index in [1.54, 1.807) is 72.8 Å². The standard InChI is InChI=1S/C26H22ClN3O5/c1-3-35-19-14-12-18(13-15-19)30-25(32)22(27)23(26(30)33)28-17-10-8-16(9-11-17)24(31)29-20-6-4-5-7-21(20)34-2/h4-15,28H,3H2,1-2H3,(H,29,31). The first kappa shape index (κ1) is 23.8. The molecule has 178 valence electrons. The average Bonchev–Trinajstić information content (AvgIpc) is 3.08. The fourth-order valence-electron chi connectivity index (χ4n) is 3.50. The quantitative estimate of drug-likeness (QED) is 0.440. The van der Waals surface area contributed by atoms with Gasteiger partial charge in [0, 0.05) is 11.3 Å². The lowest BCUT2D eigenvalue weighted by Crippen LogP contribution is -2.32. The normalized spacial score (nSPS) is 13.2. The molecular weight excluding hydrogens is 470 g/mol. The molecule has 8 nitrogen and oxygen atoms in total. The molecule has 1 heterocycles. The Bertz CT molecular complexity index is 1300. The average molecular weight is 492 g/mol. The number of amides is 3. The highest BCUT2D eigenvalue weighted by atomic mass is 35.5. The van der Waals surface area contributed by atoms with E-state index in [9.17, 15) is 14.4 Å². The van der Waals surface area contributed by atoms with Gasteiger partial charge in [-0.2, -0.15) is 0 Å². The number of methoxy groups -OCH3 is 1. The van der Waals surface area contributed by atoms with Gasteiger partial charge >= 0.3 is 0 Å². The number of imide groups is 1. The highest BCUT2D eigenvalue weighted by Crippen LogP contribution is 2.31. The van der Waals surface area contributed by atoms with Crippen LogP contribution in [0.5, 0.6) is 11.5 Å². The summed E-state index contributed by atoms with van der Waals surface area (Å²) in [6, 6.07) is 20.1. The van der Waals surface area contributed by atoms with Crippen molar-refractivity contribution in [2.75, 3.05) is 29.3 Å². The van der Waals surface area contributed by atoms with Gasteiger partial charge in [0.05, 0.1) is 25.1 Å². The summed E-state index contributed by atoms with van der Waals surface area (Å²) < 4.78 is 10.6. The molecule has 4 rings (SSSR count). The second kappa shape index (κ2) is 10.3. The number of anilines is 3. The van der Waals surface area contributed by atoms with E-state index >= 15 is 0 Å². The summed E-state index contributed by atoms with van der Waals surface area (Å²) in [6.45, 7) is 2.37. The van der Waals surface area contributed by atoms with Crippen LogP contribution in [0.4, 0.5) is 17.1 Å². The number of para-hydroxylation sites is 2. The summed E-state index contributed by atoms with van der Waals surface area (Å²) >= 11 is 6.20. The van der Waals surface area contributed by atoms with E-state index in [1.165, 1.54) is 7.11 Å². The lowest BCUT2D eigenvalue weighted by atomic mass is 10.1. The minimum Gasteiger partial charge on any atom is -0.495 e. The number of carbonyl (C=O) groups excluding carboxylic acids is 3. The molecule has 0 aliphatic carbocycles. The fraction of sp³-hybridized carbons (Fsp3) is 0.115. The topological polar surface area (TPSA) is 97.0 Å². The number of carbonyl (C=O) groups is 3. The van der Waals surface area contributed by atoms with Gasteiger partial charge in [0.2, 0.25) is 0 Å². The van der Waals surface area contributed by atoms with Crippen LogP contribution in [0.2, 0.25) is 0 Å². The van der Waals surface area contributed by atoms with Crippen molar-refractivity contribution in [2.45, 2.75) is 6.92 Å². The molecule has 3 amide bonds. The van der Waals surface area contributed by atoms with Crippen molar-refractivity contribution in [3.05, 3.63) is 89.1 Å². The maximum Gasteiger partial charge on any atom is 0.283 e. The number of rotatable bonds is 8. The highest BCUT2D eigenvalue weighted by molar-refractivity contribution is 6.53. The predicted molar refractivity (Wildman–Crippen MR) is 134 cm³/mol. The van der Waals surface area contributed by atoms with Gasteiger partial charge in [0.15, 0.2) is 0 Å². The van der Waals surface area contributed by atoms with Crippen molar-refractivity contribution in [2.24, 2.45) is 0 Å². The van der Waals surface area contributed by atoms with E-state index in [0.29, 0.717) is 40.7 Å². The molecule has 2 N–H and O–H groups in total. The zero-order chi connectivity index (χ0) is 24.9. The van der Waals surface area contributed by atoms with Gasteiger partial charge in [0.25, 0.3) is 17.7 Å². The van der Waals surface area contributed by atoms with Crippen LogP contribution in [0.3, 0.4) is 0 Å². The molecule has 35 heavy (non-hydrogen) atoms. The van der Waals surface area contributed by atoms with E-state index in [4.69, 9.17) is 21.1 Å². The molecule has 0 spiro atoms. The van der Waals surface area contributed by atoms with Gasteiger partial charge in [-0.3, -0.25) is 14.4 Å². The van der Waals surface area contributed by atoms with Crippen LogP contribution in [0.25, 0.3) is 0 Å². The summed E-state index contributed by atoms with van der Waals surface area (Å²) in [5.41, 5.74) is 1.76. The first-order valence-corrected chi connectivity index (χ1v) is 11.1. The molecule has 0 saturated carbocycles. The lowest BCUT2D eigenvalue weighted by molar-refractivity contribution is -0.120. The maximum atomic E-state index is 13.0. The SMILES string of the molecule is CCOc1ccc(N2C(=O)C(Cl)=C(Nc3ccc(C(=O)Nc4ccccc4OC)cc3)C2=O)cc1. The summed E-state index contributed by atoms with van der Waals surface area (Å²) in [7, 11) is 1.53. The van der Waals surface area contributed by atoms with Crippen molar-refractivity contribution >= 4 is 46.4 Å². The molecule has 0 aromatic heterocycles. The van der Waals surface area contributed by atoms with Crippen LogP contribution in [-0.4, -0.2) is 31.4 Å². The van der Waals surface area contributed by atoms with Gasteiger partial charge in [0.1, 0.15) is 22.2 Å². The number of halogens is 1. The Morgan fingerprint density at radius 1 is 0.943 bits per heavy atom. The first-order chi connectivity index (χ1) is 16.9. The Kier molecular flexibility index (Phi) is 7.03. The van der Waals surface area contributed by atoms with E-state index < -0.39 is 11.8 Å². The number of hydrogen-bond donors (Lipinski definition) is 2. The molecule has 0 radical (unpaired) electrons. The summed E-state index contributed by atoms with van der Waals surface area (Å²) in [6.07, 6.45) is 0. The molecule has 0 saturated heterocycles. The van der Waals surface area contributed by atoms with Crippen LogP contribution in [0.1, 0.15) is 17.3 Å². The molecule has 0 unspecified atom stereocenters. The molecule has 1 aliphatic heterocycles. The Balaban J connectivity index is 1.46. The third-order valence-electron chi connectivity index (χ3n) is 5.20. The van der Waals surface area contributed by atoms with Crippen LogP contribution in [-0.2, 0) is 9.59 Å². The fourth-order valence-corrected chi connectivity index (χ4v) is 3.71. The van der Waals surface area contributed by atoms with Gasteiger partial charge in [-0.25, -0.2) is 4.90 Å². The number of hydrogen-bond acceptors (Lipinski definition) is 6. The van der Waals surface area contributed by atoms with E-state index in [1.807, 2.05) is 6.92 Å². The second-order valence-electron chi connectivity index (χ2n) is 7.42. The molecule has 1 aliphatic rings. The molecule has 3 aromatic carbocycles. The largest absolute Gasteiger partial charge is 0.495 e. The van der Waals surface area contributed by atoms with Crippen LogP contribution >= 0.6 is 11.6 Å². The Morgan fingerprint density at radius 3 is 2.29 bits per heavy atom. The van der Waals surface area contributed by atoms with Gasteiger partial charge in [-0.15, -0.1) is 0 Å². The van der Waals surface area contributed by atoms with Crippen molar-refractivity contribution in [1.82, 2.24) is 0 Å². The lowest BCUT2D eigenvalue weighted by Gasteiger charge is -2.15. The van der Waals surface area contributed by atoms with Crippen molar-refractivity contribution in [1.29, 1.82) is 0 Å². The summed E-state index contributed by atoms with van der Waals surface area (Å²) in [5.74, 6) is -0.366. The maximum absolute atomic E-state index is 13.0. The Hall–Kier alpha value is -4.30. The van der Waals surface area contributed by atoms with Crippen molar-refractivity contribution in [3.63, 3.8) is 0 Å². The zero-order valence-electron chi connectivity index (χ0n) is 19.0. The molecule has 3 aromatic rings. The van der Waals surface area contributed by atoms with Gasteiger partial charge < -0.3 is 20.1 Å². The van der Waals surface area contributed by atoms with Crippen LogP contribution in [0.15, 0.2) is 83.5 Å². The highest BCUT2D eigenvalue weighted by Gasteiger charge is 2.39. The van der Waals surface area contributed by atoms with Crippen molar-refractivity contribution < 1.29 is 23.9 Å². The zero-order valence-corrected chi connectivity index (χ0v) is 19.8. The first-order valence-electron chi connectivity index (χ1n) is 10.8. The third-order valence-corrected chi connectivity index (χ3v) is 5.56. The number of nitrogens with one attached hydrogen (secondary N) is 2. The monoisotopic (exact) mass is 491 g/mol. The summed E-state index contributed by atoms with van der Waals surface area (Å²) in [4.78, 5) is 39.3. The number of nitrogens with zero attached hydrogens (tertiary/aromatic N) is 1. The second-order valence-corrected chi connectivity index (χ2v) is 7.80. The van der Waals surface area contributed by atoms with Crippen molar-refractivity contribution in [3.8, 4) is 11.5 Å². The third kappa shape index (κ3) is 4.97. The van der Waals surface area contributed by atoms with E-state index in [2.05, 4.69) is 10.6 Å². The molecule has 9 heteroatoms. The number of ether oxygens (including phenoxy) is 2. The van der Waals surface area contributed by atoms with Gasteiger partial charge in [-0.05, 0) is 67.6 Å².